The molecule has 4 nitrogen and oxygen atoms in total. The molecule has 0 atom stereocenters. The Morgan fingerprint density at radius 1 is 1.11 bits per heavy atom. The Balaban J connectivity index is 1.60. The van der Waals surface area contributed by atoms with Gasteiger partial charge in [0.15, 0.2) is 5.13 Å². The number of carbonyl (C=O) groups is 1. The van der Waals surface area contributed by atoms with Gasteiger partial charge in [0.05, 0.1) is 21.6 Å². The number of aromatic nitrogens is 2. The van der Waals surface area contributed by atoms with E-state index in [2.05, 4.69) is 16.0 Å². The number of rotatable bonds is 4. The molecule has 0 aliphatic rings. The van der Waals surface area contributed by atoms with Gasteiger partial charge in [0, 0.05) is 17.3 Å². The number of fused-ring (bicyclic) bond motifs is 1. The van der Waals surface area contributed by atoms with Crippen molar-refractivity contribution in [1.29, 1.82) is 0 Å². The first-order valence-electron chi connectivity index (χ1n) is 8.15. The summed E-state index contributed by atoms with van der Waals surface area (Å²) in [6, 6.07) is 15.2. The molecule has 0 aliphatic heterocycles. The number of thiazole rings is 2. The van der Waals surface area contributed by atoms with E-state index in [1.807, 2.05) is 47.9 Å². The van der Waals surface area contributed by atoms with Crippen LogP contribution >= 0.6 is 34.3 Å². The van der Waals surface area contributed by atoms with Crippen molar-refractivity contribution in [3.8, 4) is 0 Å². The largest absolute Gasteiger partial charge is 0.274 e. The molecule has 2 aromatic carbocycles. The highest BCUT2D eigenvalue weighted by Gasteiger charge is 2.17. The average molecular weight is 412 g/mol. The van der Waals surface area contributed by atoms with Crippen LogP contribution in [0.2, 0.25) is 5.02 Å². The van der Waals surface area contributed by atoms with E-state index in [1.165, 1.54) is 18.3 Å². The van der Waals surface area contributed by atoms with Crippen molar-refractivity contribution in [3.63, 3.8) is 0 Å². The summed E-state index contributed by atoms with van der Waals surface area (Å²) in [5.74, 6) is -0.117. The van der Waals surface area contributed by atoms with Crippen LogP contribution in [0.5, 0.6) is 0 Å². The predicted molar refractivity (Wildman–Crippen MR) is 115 cm³/mol. The van der Waals surface area contributed by atoms with Gasteiger partial charge in [0.2, 0.25) is 5.91 Å². The highest BCUT2D eigenvalue weighted by Crippen LogP contribution is 2.31. The molecule has 0 saturated heterocycles. The predicted octanol–water partition coefficient (Wildman–Crippen LogP) is 6.26. The lowest BCUT2D eigenvalue weighted by Gasteiger charge is -2.18. The highest BCUT2D eigenvalue weighted by atomic mass is 35.5. The molecule has 4 rings (SSSR count). The lowest BCUT2D eigenvalue weighted by molar-refractivity contribution is -0.115. The van der Waals surface area contributed by atoms with E-state index in [-0.39, 0.29) is 5.91 Å². The van der Waals surface area contributed by atoms with Gasteiger partial charge in [0.1, 0.15) is 5.01 Å². The van der Waals surface area contributed by atoms with Gasteiger partial charge in [-0.1, -0.05) is 29.8 Å². The number of benzene rings is 2. The number of carbonyl (C=O) groups excluding carboxylic acids is 1. The first-order valence-corrected chi connectivity index (χ1v) is 10.2. The first-order chi connectivity index (χ1) is 13.1. The minimum absolute atomic E-state index is 0.117. The zero-order chi connectivity index (χ0) is 18.8. The van der Waals surface area contributed by atoms with Crippen LogP contribution in [0.3, 0.4) is 0 Å². The van der Waals surface area contributed by atoms with Crippen molar-refractivity contribution in [3.05, 3.63) is 69.6 Å². The van der Waals surface area contributed by atoms with Gasteiger partial charge in [0.25, 0.3) is 0 Å². The van der Waals surface area contributed by atoms with Crippen LogP contribution in [0.4, 0.5) is 10.8 Å². The Morgan fingerprint density at radius 2 is 1.96 bits per heavy atom. The third-order valence-electron chi connectivity index (χ3n) is 3.79. The lowest BCUT2D eigenvalue weighted by Crippen LogP contribution is -2.22. The lowest BCUT2D eigenvalue weighted by atomic mass is 10.3. The van der Waals surface area contributed by atoms with Crippen molar-refractivity contribution in [2.45, 2.75) is 6.92 Å². The van der Waals surface area contributed by atoms with Crippen LogP contribution in [0.1, 0.15) is 17.6 Å². The Kier molecular flexibility index (Phi) is 5.03. The Hall–Kier alpha value is -2.54. The molecular formula is C20H14ClN3OS2. The van der Waals surface area contributed by atoms with Crippen molar-refractivity contribution < 1.29 is 4.79 Å². The second-order valence-corrected chi connectivity index (χ2v) is 8.08. The molecule has 0 spiro atoms. The Labute approximate surface area is 169 Å². The zero-order valence-electron chi connectivity index (χ0n) is 14.3. The molecular weight excluding hydrogens is 398 g/mol. The quantitative estimate of drug-likeness (QED) is 0.398. The summed E-state index contributed by atoms with van der Waals surface area (Å²) in [7, 11) is 0. The van der Waals surface area contributed by atoms with Gasteiger partial charge < -0.3 is 0 Å². The van der Waals surface area contributed by atoms with Crippen LogP contribution in [0.15, 0.2) is 53.9 Å². The molecule has 4 aromatic rings. The second-order valence-electron chi connectivity index (χ2n) is 5.74. The number of para-hydroxylation sites is 1. The van der Waals surface area contributed by atoms with Crippen LogP contribution in [0.25, 0.3) is 22.4 Å². The van der Waals surface area contributed by atoms with E-state index < -0.39 is 0 Å². The summed E-state index contributed by atoms with van der Waals surface area (Å²) >= 11 is 9.11. The van der Waals surface area contributed by atoms with E-state index in [1.54, 1.807) is 28.4 Å². The summed E-state index contributed by atoms with van der Waals surface area (Å²) in [4.78, 5) is 22.9. The van der Waals surface area contributed by atoms with Gasteiger partial charge >= 0.3 is 0 Å². The Morgan fingerprint density at radius 3 is 2.74 bits per heavy atom. The molecule has 0 saturated carbocycles. The normalized spacial score (nSPS) is 11.3. The molecule has 1 amide bonds. The molecule has 134 valence electrons. The number of amides is 1. The number of halogens is 1. The molecule has 27 heavy (non-hydrogen) atoms. The monoisotopic (exact) mass is 411 g/mol. The van der Waals surface area contributed by atoms with E-state index in [0.717, 1.165) is 20.9 Å². The summed E-state index contributed by atoms with van der Waals surface area (Å²) in [6.07, 6.45) is 3.86. The van der Waals surface area contributed by atoms with E-state index in [4.69, 9.17) is 11.6 Å². The maximum atomic E-state index is 12.2. The fraction of sp³-hybridized carbons (Fsp3) is 0.0500. The molecule has 0 bridgehead atoms. The number of hydrogen-bond acceptors (Lipinski definition) is 5. The van der Waals surface area contributed by atoms with Crippen LogP contribution in [-0.2, 0) is 4.79 Å². The summed E-state index contributed by atoms with van der Waals surface area (Å²) in [6.45, 7) is 1.51. The molecule has 0 N–H and O–H groups in total. The Bertz CT molecular complexity index is 1120. The standard InChI is InChI=1S/C20H14ClN3OS2/c1-13(25)24(16-6-4-5-14(21)11-16)20-22-15(12-26-20)9-10-19-23-17-7-2-3-8-18(17)27-19/h2-12H,1H3. The number of anilines is 2. The van der Waals surface area contributed by atoms with Crippen LogP contribution in [-0.4, -0.2) is 15.9 Å². The van der Waals surface area contributed by atoms with Crippen molar-refractivity contribution in [1.82, 2.24) is 9.97 Å². The molecule has 0 aliphatic carbocycles. The minimum atomic E-state index is -0.117. The van der Waals surface area contributed by atoms with Crippen molar-refractivity contribution in [2.75, 3.05) is 4.90 Å². The molecule has 7 heteroatoms. The van der Waals surface area contributed by atoms with Gasteiger partial charge in [-0.3, -0.25) is 9.69 Å². The minimum Gasteiger partial charge on any atom is -0.274 e. The molecule has 2 aromatic heterocycles. The van der Waals surface area contributed by atoms with Gasteiger partial charge in [-0.25, -0.2) is 9.97 Å². The number of nitrogens with zero attached hydrogens (tertiary/aromatic N) is 3. The maximum Gasteiger partial charge on any atom is 0.230 e. The van der Waals surface area contributed by atoms with Crippen LogP contribution in [0, 0.1) is 0 Å². The third-order valence-corrected chi connectivity index (χ3v) is 5.87. The molecule has 0 radical (unpaired) electrons. The number of hydrogen-bond donors (Lipinski definition) is 0. The SMILES string of the molecule is CC(=O)N(c1cccc(Cl)c1)c1nc(C=Cc2nc3ccccc3s2)cs1. The average Bonchev–Trinajstić information content (AvgIpc) is 3.26. The summed E-state index contributed by atoms with van der Waals surface area (Å²) in [5.41, 5.74) is 2.47. The molecule has 0 fully saturated rings. The van der Waals surface area contributed by atoms with Gasteiger partial charge in [-0.15, -0.1) is 22.7 Å². The third kappa shape index (κ3) is 3.93. The smallest absolute Gasteiger partial charge is 0.230 e. The summed E-state index contributed by atoms with van der Waals surface area (Å²) in [5, 5.41) is 4.02. The topological polar surface area (TPSA) is 46.1 Å². The maximum absolute atomic E-state index is 12.2. The van der Waals surface area contributed by atoms with E-state index in [9.17, 15) is 4.79 Å². The van der Waals surface area contributed by atoms with Gasteiger partial charge in [-0.05, 0) is 42.5 Å². The zero-order valence-corrected chi connectivity index (χ0v) is 16.7. The summed E-state index contributed by atoms with van der Waals surface area (Å²) < 4.78 is 1.15. The highest BCUT2D eigenvalue weighted by molar-refractivity contribution is 7.19. The van der Waals surface area contributed by atoms with Crippen LogP contribution < -0.4 is 4.90 Å². The van der Waals surface area contributed by atoms with Crippen molar-refractivity contribution in [2.24, 2.45) is 0 Å². The van der Waals surface area contributed by atoms with E-state index >= 15 is 0 Å². The fourth-order valence-electron chi connectivity index (χ4n) is 2.62. The molecule has 2 heterocycles. The first kappa shape index (κ1) is 17.9. The second kappa shape index (κ2) is 7.60. The van der Waals surface area contributed by atoms with Gasteiger partial charge in [-0.2, -0.15) is 0 Å². The fourth-order valence-corrected chi connectivity index (χ4v) is 4.53. The van der Waals surface area contributed by atoms with E-state index in [0.29, 0.717) is 15.8 Å². The molecule has 0 unspecified atom stereocenters. The van der Waals surface area contributed by atoms with Crippen molar-refractivity contribution >= 4 is 73.4 Å².